The van der Waals surface area contributed by atoms with E-state index in [1.165, 1.54) is 5.98 Å². The first-order chi connectivity index (χ1) is 14.9. The van der Waals surface area contributed by atoms with Crippen LogP contribution in [-0.2, 0) is 20.8 Å². The quantitative estimate of drug-likeness (QED) is 0.159. The Morgan fingerprint density at radius 3 is 2.42 bits per heavy atom. The molecule has 0 heterocycles. The maximum absolute atomic E-state index is 9.51. The van der Waals surface area contributed by atoms with Crippen LogP contribution in [0.15, 0.2) is 48.0 Å². The van der Waals surface area contributed by atoms with Crippen LogP contribution >= 0.6 is 0 Å². The van der Waals surface area contributed by atoms with Crippen LogP contribution in [0.5, 0.6) is 5.75 Å². The Balaban J connectivity index is 2.88. The van der Waals surface area contributed by atoms with E-state index in [-0.39, 0.29) is 24.9 Å². The van der Waals surface area contributed by atoms with E-state index in [0.29, 0.717) is 19.6 Å². The summed E-state index contributed by atoms with van der Waals surface area (Å²) in [5, 5.41) is 27.8. The van der Waals surface area contributed by atoms with E-state index >= 15 is 0 Å². The molecule has 0 amide bonds. The number of unbranched alkanes of at least 4 members (excludes halogenated alkanes) is 1. The van der Waals surface area contributed by atoms with Crippen molar-refractivity contribution in [2.24, 2.45) is 5.92 Å². The molecule has 31 heavy (non-hydrogen) atoms. The molecule has 1 rings (SSSR count). The summed E-state index contributed by atoms with van der Waals surface area (Å²) in [5.41, 5.74) is 1.97. The molecule has 3 atom stereocenters. The van der Waals surface area contributed by atoms with Crippen molar-refractivity contribution in [1.82, 2.24) is 0 Å². The summed E-state index contributed by atoms with van der Waals surface area (Å²) < 4.78 is 22.1. The van der Waals surface area contributed by atoms with E-state index in [1.807, 2.05) is 31.2 Å². The molecular weight excluding hydrogens is 399 g/mol. The molecule has 1 aromatic rings. The number of benzene rings is 1. The molecule has 0 unspecified atom stereocenters. The van der Waals surface area contributed by atoms with Crippen molar-refractivity contribution in [3.63, 3.8) is 0 Å². The fourth-order valence-electron chi connectivity index (χ4n) is 3.08. The van der Waals surface area contributed by atoms with Gasteiger partial charge in [-0.25, -0.2) is 0 Å². The van der Waals surface area contributed by atoms with Crippen molar-refractivity contribution < 1.29 is 34.1 Å². The highest BCUT2D eigenvalue weighted by Gasteiger charge is 2.21. The highest BCUT2D eigenvalue weighted by Crippen LogP contribution is 2.21. The fraction of sp³-hybridized carbons (Fsp3) is 0.565. The van der Waals surface area contributed by atoms with Gasteiger partial charge < -0.3 is 34.1 Å². The second-order valence-electron chi connectivity index (χ2n) is 7.55. The van der Waals surface area contributed by atoms with Gasteiger partial charge >= 0.3 is 7.12 Å². The van der Waals surface area contributed by atoms with Gasteiger partial charge in [-0.15, -0.1) is 0 Å². The standard InChI is InChI=1S/C23H37BO7/c1-18(13-14-24(26)27)23(31-17-28-3)21(8-6-5-7-19(2)25)16-30-15-20-9-11-22(29-4)12-10-20/h8-14,18-19,23,25-27H,5-7,15-17H2,1-4H3/b14-13+,21-8+/t18-,19+,23+/m0/s1. The predicted octanol–water partition coefficient (Wildman–Crippen LogP) is 2.88. The molecule has 0 bridgehead atoms. The van der Waals surface area contributed by atoms with Crippen LogP contribution in [0.2, 0.25) is 0 Å². The van der Waals surface area contributed by atoms with Gasteiger partial charge in [0, 0.05) is 13.0 Å². The van der Waals surface area contributed by atoms with Crippen molar-refractivity contribution in [3.05, 3.63) is 53.5 Å². The van der Waals surface area contributed by atoms with Gasteiger partial charge in [-0.2, -0.15) is 0 Å². The Kier molecular flexibility index (Phi) is 14.1. The maximum Gasteiger partial charge on any atom is 0.480 e. The van der Waals surface area contributed by atoms with Gasteiger partial charge in [0.05, 0.1) is 32.5 Å². The zero-order valence-corrected chi connectivity index (χ0v) is 19.1. The van der Waals surface area contributed by atoms with E-state index in [0.717, 1.165) is 29.7 Å². The van der Waals surface area contributed by atoms with Gasteiger partial charge in [0.1, 0.15) is 12.5 Å². The average molecular weight is 436 g/mol. The molecule has 0 aliphatic heterocycles. The molecule has 0 saturated heterocycles. The molecule has 0 aliphatic carbocycles. The number of aliphatic hydroxyl groups excluding tert-OH is 1. The molecule has 3 N–H and O–H groups in total. The van der Waals surface area contributed by atoms with Crippen molar-refractivity contribution >= 4 is 7.12 Å². The summed E-state index contributed by atoms with van der Waals surface area (Å²) in [6, 6.07) is 7.70. The van der Waals surface area contributed by atoms with Crippen LogP contribution in [0, 0.1) is 5.92 Å². The van der Waals surface area contributed by atoms with E-state index in [4.69, 9.17) is 29.0 Å². The Labute approximate surface area is 186 Å². The smallest absolute Gasteiger partial charge is 0.480 e. The SMILES string of the molecule is COCO[C@@H](/C(=C/CCC[C@@H](C)O)COCc1ccc(OC)cc1)[C@@H](C)/C=C/B(O)O. The second kappa shape index (κ2) is 16.0. The monoisotopic (exact) mass is 436 g/mol. The summed E-state index contributed by atoms with van der Waals surface area (Å²) in [6.07, 6.45) is 5.43. The van der Waals surface area contributed by atoms with Crippen molar-refractivity contribution in [2.75, 3.05) is 27.6 Å². The predicted molar refractivity (Wildman–Crippen MR) is 122 cm³/mol. The summed E-state index contributed by atoms with van der Waals surface area (Å²) in [4.78, 5) is 0. The lowest BCUT2D eigenvalue weighted by molar-refractivity contribution is -0.0734. The van der Waals surface area contributed by atoms with Gasteiger partial charge in [-0.1, -0.05) is 37.2 Å². The number of hydrogen-bond acceptors (Lipinski definition) is 7. The van der Waals surface area contributed by atoms with Crippen molar-refractivity contribution in [1.29, 1.82) is 0 Å². The van der Waals surface area contributed by atoms with Crippen LogP contribution in [0.1, 0.15) is 38.7 Å². The van der Waals surface area contributed by atoms with E-state index in [9.17, 15) is 5.11 Å². The first-order valence-corrected chi connectivity index (χ1v) is 10.6. The first-order valence-electron chi connectivity index (χ1n) is 10.6. The van der Waals surface area contributed by atoms with Gasteiger partial charge in [0.15, 0.2) is 0 Å². The number of rotatable bonds is 16. The molecular formula is C23H37BO7. The molecule has 174 valence electrons. The van der Waals surface area contributed by atoms with Crippen LogP contribution in [-0.4, -0.2) is 62.1 Å². The minimum absolute atomic E-state index is 0.105. The van der Waals surface area contributed by atoms with Gasteiger partial charge in [-0.3, -0.25) is 0 Å². The Hall–Kier alpha value is -1.68. The van der Waals surface area contributed by atoms with E-state index in [2.05, 4.69) is 6.08 Å². The van der Waals surface area contributed by atoms with E-state index < -0.39 is 7.12 Å². The lowest BCUT2D eigenvalue weighted by atomic mass is 9.87. The molecule has 0 saturated carbocycles. The van der Waals surface area contributed by atoms with Gasteiger partial charge in [0.25, 0.3) is 0 Å². The molecule has 0 radical (unpaired) electrons. The second-order valence-corrected chi connectivity index (χ2v) is 7.55. The molecule has 0 aromatic heterocycles. The van der Waals surface area contributed by atoms with Gasteiger partial charge in [-0.05, 0) is 49.5 Å². The van der Waals surface area contributed by atoms with Crippen molar-refractivity contribution in [2.45, 2.75) is 51.9 Å². The molecule has 0 aliphatic rings. The van der Waals surface area contributed by atoms with Crippen LogP contribution < -0.4 is 4.74 Å². The zero-order valence-electron chi connectivity index (χ0n) is 19.1. The minimum Gasteiger partial charge on any atom is -0.497 e. The maximum atomic E-state index is 9.51. The third kappa shape index (κ3) is 12.1. The topological polar surface area (TPSA) is 97.6 Å². The Bertz CT molecular complexity index is 644. The fourth-order valence-corrected chi connectivity index (χ4v) is 3.08. The third-order valence-electron chi connectivity index (χ3n) is 4.72. The molecule has 7 nitrogen and oxygen atoms in total. The Morgan fingerprint density at radius 2 is 1.84 bits per heavy atom. The first kappa shape index (κ1) is 27.4. The van der Waals surface area contributed by atoms with Crippen LogP contribution in [0.4, 0.5) is 0 Å². The average Bonchev–Trinajstić information content (AvgIpc) is 2.75. The molecule has 0 spiro atoms. The summed E-state index contributed by atoms with van der Waals surface area (Å²) >= 11 is 0. The summed E-state index contributed by atoms with van der Waals surface area (Å²) in [6.45, 7) is 4.61. The third-order valence-corrected chi connectivity index (χ3v) is 4.72. The lowest BCUT2D eigenvalue weighted by Crippen LogP contribution is -2.27. The highest BCUT2D eigenvalue weighted by atomic mass is 16.7. The largest absolute Gasteiger partial charge is 0.497 e. The molecule has 8 heteroatoms. The number of allylic oxidation sites excluding steroid dienone is 1. The molecule has 0 fully saturated rings. The number of aliphatic hydroxyl groups is 1. The van der Waals surface area contributed by atoms with Crippen LogP contribution in [0.3, 0.4) is 0 Å². The lowest BCUT2D eigenvalue weighted by Gasteiger charge is -2.25. The highest BCUT2D eigenvalue weighted by molar-refractivity contribution is 6.47. The summed E-state index contributed by atoms with van der Waals surface area (Å²) in [5.74, 6) is 1.98. The van der Waals surface area contributed by atoms with Crippen LogP contribution in [0.25, 0.3) is 0 Å². The minimum atomic E-state index is -1.52. The molecule has 1 aromatic carbocycles. The summed E-state index contributed by atoms with van der Waals surface area (Å²) in [7, 11) is 1.67. The van der Waals surface area contributed by atoms with Crippen molar-refractivity contribution in [3.8, 4) is 5.75 Å². The normalized spacial score (nSPS) is 15.1. The van der Waals surface area contributed by atoms with Gasteiger partial charge in [0.2, 0.25) is 0 Å². The Morgan fingerprint density at radius 1 is 1.13 bits per heavy atom. The number of hydrogen-bond donors (Lipinski definition) is 3. The number of ether oxygens (including phenoxy) is 4. The zero-order chi connectivity index (χ0) is 23.1. The number of methoxy groups -OCH3 is 2. The van der Waals surface area contributed by atoms with E-state index in [1.54, 1.807) is 27.2 Å².